The maximum absolute atomic E-state index is 14.1. The van der Waals surface area contributed by atoms with Crippen LogP contribution in [-0.4, -0.2) is 91.6 Å². The Bertz CT molecular complexity index is 1370. The van der Waals surface area contributed by atoms with Gasteiger partial charge in [0.15, 0.2) is 0 Å². The first kappa shape index (κ1) is 33.7. The van der Waals surface area contributed by atoms with Gasteiger partial charge in [0.1, 0.15) is 11.0 Å². The van der Waals surface area contributed by atoms with Crippen LogP contribution in [0, 0.1) is 0 Å². The standard InChI is InChI=1S/C36H44N4O4.CH4/c1-4-44-32(41)20-24-39-28-40(31-18-12-7-13-19-31)35(33(39)42)21-25-38(26-22-35)27-23-36(34(43)37(2)3,29-14-8-5-9-15-29)30-16-10-6-11-17-30;/h5-19H,4,20-28H2,1-3H3;1H4. The molecule has 0 N–H and O–H groups in total. The molecular weight excluding hydrogens is 564 g/mol. The van der Waals surface area contributed by atoms with Gasteiger partial charge in [0.25, 0.3) is 0 Å². The summed E-state index contributed by atoms with van der Waals surface area (Å²) < 4.78 is 5.12. The smallest absolute Gasteiger partial charge is 0.307 e. The van der Waals surface area contributed by atoms with Crippen molar-refractivity contribution in [2.45, 2.75) is 51.0 Å². The first-order chi connectivity index (χ1) is 21.3. The Morgan fingerprint density at radius 3 is 1.89 bits per heavy atom. The van der Waals surface area contributed by atoms with Crippen LogP contribution in [0.1, 0.15) is 51.2 Å². The van der Waals surface area contributed by atoms with E-state index in [2.05, 4.69) is 46.2 Å². The minimum absolute atomic E-state index is 0. The monoisotopic (exact) mass is 612 g/mol. The fourth-order valence-corrected chi connectivity index (χ4v) is 6.94. The molecule has 0 radical (unpaired) electrons. The second-order valence-electron chi connectivity index (χ2n) is 12.0. The number of nitrogens with zero attached hydrogens (tertiary/aromatic N) is 4. The van der Waals surface area contributed by atoms with E-state index in [1.807, 2.05) is 73.6 Å². The Morgan fingerprint density at radius 1 is 0.844 bits per heavy atom. The predicted octanol–water partition coefficient (Wildman–Crippen LogP) is 5.18. The molecule has 2 saturated heterocycles. The lowest BCUT2D eigenvalue weighted by molar-refractivity contribution is -0.144. The van der Waals surface area contributed by atoms with Crippen LogP contribution in [-0.2, 0) is 24.5 Å². The van der Waals surface area contributed by atoms with Gasteiger partial charge in [0.05, 0.1) is 19.7 Å². The molecule has 240 valence electrons. The van der Waals surface area contributed by atoms with Crippen LogP contribution >= 0.6 is 0 Å². The van der Waals surface area contributed by atoms with E-state index in [4.69, 9.17) is 4.74 Å². The lowest BCUT2D eigenvalue weighted by Crippen LogP contribution is -2.57. The largest absolute Gasteiger partial charge is 0.466 e. The Labute approximate surface area is 268 Å². The third-order valence-corrected chi connectivity index (χ3v) is 9.26. The molecule has 0 atom stereocenters. The molecule has 0 aromatic heterocycles. The van der Waals surface area contributed by atoms with Crippen molar-refractivity contribution in [3.63, 3.8) is 0 Å². The van der Waals surface area contributed by atoms with E-state index in [0.29, 0.717) is 45.6 Å². The number of anilines is 1. The molecule has 0 saturated carbocycles. The Morgan fingerprint density at radius 2 is 1.38 bits per heavy atom. The molecule has 0 aliphatic carbocycles. The molecular formula is C37H48N4O4. The first-order valence-electron chi connectivity index (χ1n) is 15.6. The average molecular weight is 613 g/mol. The van der Waals surface area contributed by atoms with Gasteiger partial charge in [-0.1, -0.05) is 86.3 Å². The zero-order valence-electron chi connectivity index (χ0n) is 26.2. The number of piperidine rings is 1. The Hall–Kier alpha value is -4.17. The number of benzene rings is 3. The number of carbonyl (C=O) groups is 3. The number of esters is 1. The van der Waals surface area contributed by atoms with E-state index < -0.39 is 11.0 Å². The van der Waals surface area contributed by atoms with Gasteiger partial charge >= 0.3 is 5.97 Å². The van der Waals surface area contributed by atoms with Gasteiger partial charge in [-0.15, -0.1) is 0 Å². The molecule has 8 heteroatoms. The molecule has 5 rings (SSSR count). The summed E-state index contributed by atoms with van der Waals surface area (Å²) in [7, 11) is 3.65. The van der Waals surface area contributed by atoms with Crippen LogP contribution in [0.25, 0.3) is 0 Å². The lowest BCUT2D eigenvalue weighted by Gasteiger charge is -2.44. The van der Waals surface area contributed by atoms with Gasteiger partial charge < -0.3 is 24.3 Å². The van der Waals surface area contributed by atoms with E-state index >= 15 is 0 Å². The highest BCUT2D eigenvalue weighted by Gasteiger charge is 2.54. The highest BCUT2D eigenvalue weighted by molar-refractivity contribution is 5.94. The fraction of sp³-hybridized carbons (Fsp3) is 0.432. The van der Waals surface area contributed by atoms with E-state index in [9.17, 15) is 14.4 Å². The van der Waals surface area contributed by atoms with Crippen LogP contribution < -0.4 is 4.90 Å². The predicted molar refractivity (Wildman–Crippen MR) is 179 cm³/mol. The number of hydrogen-bond acceptors (Lipinski definition) is 6. The van der Waals surface area contributed by atoms with Crippen molar-refractivity contribution in [2.75, 3.05) is 58.4 Å². The van der Waals surface area contributed by atoms with Crippen LogP contribution in [0.2, 0.25) is 0 Å². The SMILES string of the molecule is C.CCOC(=O)CCN1CN(c2ccccc2)C2(CCN(CCC(C(=O)N(C)C)(c3ccccc3)c3ccccc3)CC2)C1=O. The average Bonchev–Trinajstić information content (AvgIpc) is 3.32. The molecule has 3 aromatic rings. The maximum Gasteiger partial charge on any atom is 0.307 e. The third-order valence-electron chi connectivity index (χ3n) is 9.26. The summed E-state index contributed by atoms with van der Waals surface area (Å²) in [6.45, 7) is 5.09. The van der Waals surface area contributed by atoms with Crippen molar-refractivity contribution in [3.8, 4) is 0 Å². The van der Waals surface area contributed by atoms with E-state index in [1.54, 1.807) is 11.8 Å². The summed E-state index contributed by atoms with van der Waals surface area (Å²) in [5.74, 6) is -0.146. The number of likely N-dealkylation sites (tertiary alicyclic amines) is 1. The maximum atomic E-state index is 14.1. The topological polar surface area (TPSA) is 73.4 Å². The third kappa shape index (κ3) is 6.76. The molecule has 2 amide bonds. The molecule has 2 fully saturated rings. The molecule has 3 aromatic carbocycles. The number of rotatable bonds is 11. The minimum atomic E-state index is -0.829. The van der Waals surface area contributed by atoms with Crippen LogP contribution in [0.5, 0.6) is 0 Å². The normalized spacial score (nSPS) is 16.4. The zero-order valence-corrected chi connectivity index (χ0v) is 26.2. The molecule has 8 nitrogen and oxygen atoms in total. The number of carbonyl (C=O) groups excluding carboxylic acids is 3. The molecule has 0 bridgehead atoms. The zero-order chi connectivity index (χ0) is 31.2. The van der Waals surface area contributed by atoms with Crippen molar-refractivity contribution in [1.82, 2.24) is 14.7 Å². The summed E-state index contributed by atoms with van der Waals surface area (Å²) in [5, 5.41) is 0. The summed E-state index contributed by atoms with van der Waals surface area (Å²) in [6, 6.07) is 30.3. The fourth-order valence-electron chi connectivity index (χ4n) is 6.94. The first-order valence-corrected chi connectivity index (χ1v) is 15.6. The van der Waals surface area contributed by atoms with Crippen molar-refractivity contribution in [2.24, 2.45) is 0 Å². The van der Waals surface area contributed by atoms with Gasteiger partial charge in [-0.2, -0.15) is 0 Å². The van der Waals surface area contributed by atoms with Crippen molar-refractivity contribution in [1.29, 1.82) is 0 Å². The molecule has 2 heterocycles. The summed E-state index contributed by atoms with van der Waals surface area (Å²) in [5.41, 5.74) is 1.48. The second-order valence-corrected chi connectivity index (χ2v) is 12.0. The minimum Gasteiger partial charge on any atom is -0.466 e. The Kier molecular flexibility index (Phi) is 11.0. The summed E-state index contributed by atoms with van der Waals surface area (Å²) in [4.78, 5) is 48.4. The Balaban J connectivity index is 0.00000461. The summed E-state index contributed by atoms with van der Waals surface area (Å²) in [6.07, 6.45) is 2.14. The van der Waals surface area contributed by atoms with E-state index in [-0.39, 0.29) is 31.6 Å². The highest BCUT2D eigenvalue weighted by Crippen LogP contribution is 2.41. The summed E-state index contributed by atoms with van der Waals surface area (Å²) >= 11 is 0. The van der Waals surface area contributed by atoms with Gasteiger partial charge in [-0.05, 0) is 56.0 Å². The molecule has 0 unspecified atom stereocenters. The van der Waals surface area contributed by atoms with Gasteiger partial charge in [0.2, 0.25) is 11.8 Å². The molecule has 1 spiro atoms. The quantitative estimate of drug-likeness (QED) is 0.278. The second kappa shape index (κ2) is 14.7. The van der Waals surface area contributed by atoms with Crippen molar-refractivity contribution >= 4 is 23.5 Å². The van der Waals surface area contributed by atoms with Gasteiger partial charge in [-0.3, -0.25) is 14.4 Å². The van der Waals surface area contributed by atoms with E-state index in [1.165, 1.54) is 0 Å². The van der Waals surface area contributed by atoms with Crippen LogP contribution in [0.4, 0.5) is 5.69 Å². The molecule has 45 heavy (non-hydrogen) atoms. The number of ether oxygens (including phenoxy) is 1. The number of likely N-dealkylation sites (N-methyl/N-ethyl adjacent to an activating group) is 1. The van der Waals surface area contributed by atoms with Gasteiger partial charge in [-0.25, -0.2) is 0 Å². The van der Waals surface area contributed by atoms with E-state index in [0.717, 1.165) is 29.9 Å². The lowest BCUT2D eigenvalue weighted by atomic mass is 9.70. The van der Waals surface area contributed by atoms with Crippen LogP contribution in [0.3, 0.4) is 0 Å². The number of amides is 2. The molecule has 2 aliphatic rings. The van der Waals surface area contributed by atoms with Crippen molar-refractivity contribution in [3.05, 3.63) is 102 Å². The van der Waals surface area contributed by atoms with Gasteiger partial charge in [0, 0.05) is 39.4 Å². The van der Waals surface area contributed by atoms with Crippen molar-refractivity contribution < 1.29 is 19.1 Å². The molecule has 2 aliphatic heterocycles. The van der Waals surface area contributed by atoms with Crippen LogP contribution in [0.15, 0.2) is 91.0 Å². The highest BCUT2D eigenvalue weighted by atomic mass is 16.5. The number of para-hydroxylation sites is 1. The number of hydrogen-bond donors (Lipinski definition) is 0.